The first-order valence-corrected chi connectivity index (χ1v) is 7.40. The Kier molecular flexibility index (Phi) is 6.26. The summed E-state index contributed by atoms with van der Waals surface area (Å²) in [7, 11) is 0. The fourth-order valence-electron chi connectivity index (χ4n) is 1.52. The fraction of sp³-hybridized carbons (Fsp3) is 0.273. The minimum Gasteiger partial charge on any atom is -0.506 e. The molecule has 1 atom stereocenters. The van der Waals surface area contributed by atoms with Crippen molar-refractivity contribution in [1.82, 2.24) is 5.32 Å². The van der Waals surface area contributed by atoms with Gasteiger partial charge in [0, 0.05) is 9.13 Å². The molecular formula is C11H12I2N2O4. The second-order valence-corrected chi connectivity index (χ2v) is 6.16. The third-order valence-electron chi connectivity index (χ3n) is 2.33. The Morgan fingerprint density at radius 1 is 1.37 bits per heavy atom. The minimum atomic E-state index is -1.07. The van der Waals surface area contributed by atoms with Gasteiger partial charge in [-0.1, -0.05) is 0 Å². The van der Waals surface area contributed by atoms with Gasteiger partial charge >= 0.3 is 5.97 Å². The van der Waals surface area contributed by atoms with Crippen molar-refractivity contribution >= 4 is 57.1 Å². The van der Waals surface area contributed by atoms with Crippen LogP contribution in [0.1, 0.15) is 18.0 Å². The molecule has 1 aromatic carbocycles. The van der Waals surface area contributed by atoms with Crippen LogP contribution >= 0.6 is 45.2 Å². The number of phenolic OH excluding ortho intramolecular Hbond substituents is 1. The molecule has 5 N–H and O–H groups in total. The topological polar surface area (TPSA) is 113 Å². The number of carboxylic acid groups (broad SMARTS) is 1. The molecule has 0 bridgehead atoms. The van der Waals surface area contributed by atoms with Crippen molar-refractivity contribution in [3.8, 4) is 5.75 Å². The van der Waals surface area contributed by atoms with Crippen LogP contribution in [-0.4, -0.2) is 28.6 Å². The zero-order valence-electron chi connectivity index (χ0n) is 9.69. The molecular weight excluding hydrogens is 478 g/mol. The van der Waals surface area contributed by atoms with Gasteiger partial charge in [-0.25, -0.2) is 0 Å². The molecule has 19 heavy (non-hydrogen) atoms. The average molecular weight is 490 g/mol. The van der Waals surface area contributed by atoms with Crippen molar-refractivity contribution in [3.05, 3.63) is 24.8 Å². The highest BCUT2D eigenvalue weighted by atomic mass is 127. The van der Waals surface area contributed by atoms with Crippen molar-refractivity contribution in [2.45, 2.75) is 12.5 Å². The van der Waals surface area contributed by atoms with E-state index in [1.54, 1.807) is 12.1 Å². The highest BCUT2D eigenvalue weighted by Gasteiger charge is 2.22. The Balaban J connectivity index is 3.16. The summed E-state index contributed by atoms with van der Waals surface area (Å²) in [4.78, 5) is 22.2. The molecule has 0 saturated heterocycles. The number of phenols is 1. The lowest BCUT2D eigenvalue weighted by molar-refractivity contribution is -0.137. The van der Waals surface area contributed by atoms with E-state index in [0.29, 0.717) is 9.13 Å². The predicted octanol–water partition coefficient (Wildman–Crippen LogP) is 1.19. The molecule has 104 valence electrons. The van der Waals surface area contributed by atoms with Crippen molar-refractivity contribution < 1.29 is 19.8 Å². The fourth-order valence-corrected chi connectivity index (χ4v) is 3.41. The Hall–Kier alpha value is -0.620. The quantitative estimate of drug-likeness (QED) is 0.464. The van der Waals surface area contributed by atoms with E-state index in [9.17, 15) is 14.7 Å². The molecule has 0 aliphatic carbocycles. The Labute approximate surface area is 137 Å². The van der Waals surface area contributed by atoms with Crippen LogP contribution in [0.25, 0.3) is 0 Å². The zero-order chi connectivity index (χ0) is 14.6. The number of aromatic hydroxyl groups is 1. The average Bonchev–Trinajstić information content (AvgIpc) is 2.32. The molecule has 1 rings (SSSR count). The summed E-state index contributed by atoms with van der Waals surface area (Å²) in [6.07, 6.45) is -0.324. The van der Waals surface area contributed by atoms with Crippen LogP contribution < -0.4 is 11.1 Å². The molecule has 0 saturated carbocycles. The number of aliphatic carboxylic acids is 1. The largest absolute Gasteiger partial charge is 0.506 e. The minimum absolute atomic E-state index is 0.0235. The highest BCUT2D eigenvalue weighted by Crippen LogP contribution is 2.32. The van der Waals surface area contributed by atoms with Crippen LogP contribution in [0.3, 0.4) is 0 Å². The molecule has 0 aliphatic rings. The van der Waals surface area contributed by atoms with Crippen molar-refractivity contribution in [2.75, 3.05) is 6.54 Å². The first-order valence-electron chi connectivity index (χ1n) is 5.24. The van der Waals surface area contributed by atoms with Crippen molar-refractivity contribution in [1.29, 1.82) is 0 Å². The van der Waals surface area contributed by atoms with Crippen LogP contribution in [0.5, 0.6) is 5.75 Å². The molecule has 1 unspecified atom stereocenters. The first kappa shape index (κ1) is 16.4. The summed E-state index contributed by atoms with van der Waals surface area (Å²) in [5.41, 5.74) is 5.58. The summed E-state index contributed by atoms with van der Waals surface area (Å²) < 4.78 is 1.43. The predicted molar refractivity (Wildman–Crippen MR) is 85.7 cm³/mol. The van der Waals surface area contributed by atoms with E-state index in [4.69, 9.17) is 10.8 Å². The summed E-state index contributed by atoms with van der Waals surface area (Å²) >= 11 is 4.00. The maximum absolute atomic E-state index is 11.3. The molecule has 8 heteroatoms. The molecule has 0 heterocycles. The Bertz CT molecular complexity index is 508. The standard InChI is InChI=1S/C11H12I2N2O4/c12-5-1-6(11(19)7(13)2-5)8(3-10(17)18)15-9(16)4-14/h1-2,8,19H,3-4,14H2,(H,15,16)(H,17,18). The lowest BCUT2D eigenvalue weighted by Gasteiger charge is -2.19. The number of hydrogen-bond acceptors (Lipinski definition) is 4. The highest BCUT2D eigenvalue weighted by molar-refractivity contribution is 14.1. The van der Waals surface area contributed by atoms with E-state index < -0.39 is 17.9 Å². The zero-order valence-corrected chi connectivity index (χ0v) is 14.0. The monoisotopic (exact) mass is 490 g/mol. The second kappa shape index (κ2) is 7.24. The van der Waals surface area contributed by atoms with Gasteiger partial charge in [-0.3, -0.25) is 9.59 Å². The van der Waals surface area contributed by atoms with E-state index in [1.165, 1.54) is 0 Å². The van der Waals surface area contributed by atoms with Crippen LogP contribution in [0.4, 0.5) is 0 Å². The normalized spacial score (nSPS) is 11.9. The molecule has 0 aliphatic heterocycles. The van der Waals surface area contributed by atoms with Gasteiger partial charge in [0.15, 0.2) is 0 Å². The van der Waals surface area contributed by atoms with E-state index in [0.717, 1.165) is 3.57 Å². The maximum Gasteiger partial charge on any atom is 0.305 e. The molecule has 1 amide bonds. The number of carboxylic acids is 1. The lowest BCUT2D eigenvalue weighted by atomic mass is 10.0. The number of carbonyl (C=O) groups is 2. The summed E-state index contributed by atoms with van der Waals surface area (Å²) in [5, 5.41) is 21.4. The van der Waals surface area contributed by atoms with Gasteiger partial charge < -0.3 is 21.3 Å². The summed E-state index contributed by atoms with van der Waals surface area (Å²) in [5.74, 6) is -1.57. The van der Waals surface area contributed by atoms with E-state index in [-0.39, 0.29) is 18.7 Å². The number of hydrogen-bond donors (Lipinski definition) is 4. The van der Waals surface area contributed by atoms with Gasteiger partial charge in [-0.15, -0.1) is 0 Å². The van der Waals surface area contributed by atoms with Gasteiger partial charge in [0.25, 0.3) is 0 Å². The smallest absolute Gasteiger partial charge is 0.305 e. The number of nitrogens with one attached hydrogen (secondary N) is 1. The molecule has 0 aromatic heterocycles. The number of nitrogens with two attached hydrogens (primary N) is 1. The van der Waals surface area contributed by atoms with Crippen molar-refractivity contribution in [2.24, 2.45) is 5.73 Å². The SMILES string of the molecule is NCC(=O)NC(CC(=O)O)c1cc(I)cc(I)c1O. The van der Waals surface area contributed by atoms with E-state index in [2.05, 4.69) is 27.9 Å². The number of benzene rings is 1. The molecule has 0 radical (unpaired) electrons. The van der Waals surface area contributed by atoms with Crippen LogP contribution in [0.2, 0.25) is 0 Å². The number of amides is 1. The Morgan fingerprint density at radius 2 is 2.00 bits per heavy atom. The molecule has 1 aromatic rings. The number of carbonyl (C=O) groups excluding carboxylic acids is 1. The maximum atomic E-state index is 11.3. The third kappa shape index (κ3) is 4.76. The Morgan fingerprint density at radius 3 is 2.53 bits per heavy atom. The van der Waals surface area contributed by atoms with Crippen LogP contribution in [0, 0.1) is 7.14 Å². The van der Waals surface area contributed by atoms with Gasteiger partial charge in [0.2, 0.25) is 5.91 Å². The molecule has 6 nitrogen and oxygen atoms in total. The van der Waals surface area contributed by atoms with E-state index >= 15 is 0 Å². The summed E-state index contributed by atoms with van der Waals surface area (Å²) in [6, 6.07) is 2.59. The molecule has 0 spiro atoms. The van der Waals surface area contributed by atoms with Gasteiger partial charge in [0.1, 0.15) is 5.75 Å². The summed E-state index contributed by atoms with van der Waals surface area (Å²) in [6.45, 7) is -0.238. The van der Waals surface area contributed by atoms with Gasteiger partial charge in [-0.05, 0) is 57.3 Å². The van der Waals surface area contributed by atoms with Crippen LogP contribution in [-0.2, 0) is 9.59 Å². The first-order chi connectivity index (χ1) is 8.85. The van der Waals surface area contributed by atoms with E-state index in [1.807, 2.05) is 22.6 Å². The molecule has 0 fully saturated rings. The third-order valence-corrected chi connectivity index (χ3v) is 3.78. The van der Waals surface area contributed by atoms with Gasteiger partial charge in [-0.2, -0.15) is 0 Å². The van der Waals surface area contributed by atoms with Gasteiger partial charge in [0.05, 0.1) is 22.6 Å². The number of halogens is 2. The van der Waals surface area contributed by atoms with Crippen molar-refractivity contribution in [3.63, 3.8) is 0 Å². The van der Waals surface area contributed by atoms with Crippen LogP contribution in [0.15, 0.2) is 12.1 Å². The second-order valence-electron chi connectivity index (χ2n) is 3.75. The number of rotatable bonds is 5. The lowest BCUT2D eigenvalue weighted by Crippen LogP contribution is -2.35.